The highest BCUT2D eigenvalue weighted by Crippen LogP contribution is 2.21. The van der Waals surface area contributed by atoms with E-state index in [4.69, 9.17) is 4.74 Å². The SMILES string of the molecule is Cc1ccc(NC(=O)c2sc(COc3ccccc3)nc2C)cc1. The largest absolute Gasteiger partial charge is 0.486 e. The third kappa shape index (κ3) is 4.00. The number of anilines is 1. The molecule has 0 saturated heterocycles. The highest BCUT2D eigenvalue weighted by atomic mass is 32.1. The van der Waals surface area contributed by atoms with Gasteiger partial charge in [0, 0.05) is 5.69 Å². The van der Waals surface area contributed by atoms with Crippen LogP contribution in [0.3, 0.4) is 0 Å². The maximum Gasteiger partial charge on any atom is 0.267 e. The standard InChI is InChI=1S/C19H18N2O2S/c1-13-8-10-15(11-9-13)21-19(22)18-14(2)20-17(24-18)12-23-16-6-4-3-5-7-16/h3-11H,12H2,1-2H3,(H,21,22). The van der Waals surface area contributed by atoms with Crippen molar-refractivity contribution in [2.24, 2.45) is 0 Å². The van der Waals surface area contributed by atoms with Gasteiger partial charge in [-0.3, -0.25) is 4.79 Å². The van der Waals surface area contributed by atoms with Gasteiger partial charge < -0.3 is 10.1 Å². The number of ether oxygens (including phenoxy) is 1. The van der Waals surface area contributed by atoms with Gasteiger partial charge >= 0.3 is 0 Å². The minimum atomic E-state index is -0.139. The van der Waals surface area contributed by atoms with E-state index in [1.165, 1.54) is 11.3 Å². The zero-order valence-electron chi connectivity index (χ0n) is 13.6. The van der Waals surface area contributed by atoms with E-state index < -0.39 is 0 Å². The summed E-state index contributed by atoms with van der Waals surface area (Å²) in [5, 5.41) is 3.69. The summed E-state index contributed by atoms with van der Waals surface area (Å²) in [5.41, 5.74) is 2.65. The van der Waals surface area contributed by atoms with Gasteiger partial charge in [-0.25, -0.2) is 4.98 Å². The molecule has 0 aliphatic heterocycles. The molecule has 1 heterocycles. The van der Waals surface area contributed by atoms with Gasteiger partial charge in [-0.05, 0) is 38.1 Å². The molecule has 24 heavy (non-hydrogen) atoms. The summed E-state index contributed by atoms with van der Waals surface area (Å²) in [5.74, 6) is 0.649. The molecular formula is C19H18N2O2S. The number of aryl methyl sites for hydroxylation is 2. The van der Waals surface area contributed by atoms with E-state index >= 15 is 0 Å². The number of nitrogens with zero attached hydrogens (tertiary/aromatic N) is 1. The summed E-state index contributed by atoms with van der Waals surface area (Å²) in [4.78, 5) is 17.5. The Hall–Kier alpha value is -2.66. The Kier molecular flexibility index (Phi) is 4.91. The maximum absolute atomic E-state index is 12.4. The lowest BCUT2D eigenvalue weighted by Crippen LogP contribution is -2.11. The second kappa shape index (κ2) is 7.27. The van der Waals surface area contributed by atoms with Gasteiger partial charge in [-0.1, -0.05) is 35.9 Å². The van der Waals surface area contributed by atoms with Gasteiger partial charge in [-0.15, -0.1) is 11.3 Å². The lowest BCUT2D eigenvalue weighted by molar-refractivity contribution is 0.103. The van der Waals surface area contributed by atoms with E-state index in [0.29, 0.717) is 11.5 Å². The van der Waals surface area contributed by atoms with Crippen LogP contribution in [0.15, 0.2) is 54.6 Å². The average molecular weight is 338 g/mol. The molecule has 4 nitrogen and oxygen atoms in total. The van der Waals surface area contributed by atoms with E-state index in [-0.39, 0.29) is 5.91 Å². The van der Waals surface area contributed by atoms with Crippen LogP contribution in [0.1, 0.15) is 25.9 Å². The molecule has 0 aliphatic rings. The zero-order chi connectivity index (χ0) is 16.9. The van der Waals surface area contributed by atoms with Crippen molar-refractivity contribution in [1.29, 1.82) is 0 Å². The van der Waals surface area contributed by atoms with Crippen LogP contribution in [-0.2, 0) is 6.61 Å². The Labute approximate surface area is 145 Å². The van der Waals surface area contributed by atoms with Crippen LogP contribution in [0.5, 0.6) is 5.75 Å². The summed E-state index contributed by atoms with van der Waals surface area (Å²) >= 11 is 1.36. The molecule has 0 atom stereocenters. The number of benzene rings is 2. The van der Waals surface area contributed by atoms with E-state index in [0.717, 1.165) is 27.7 Å². The van der Waals surface area contributed by atoms with Crippen LogP contribution in [0, 0.1) is 13.8 Å². The summed E-state index contributed by atoms with van der Waals surface area (Å²) < 4.78 is 5.69. The monoisotopic (exact) mass is 338 g/mol. The van der Waals surface area contributed by atoms with Crippen molar-refractivity contribution in [2.45, 2.75) is 20.5 Å². The van der Waals surface area contributed by atoms with Crippen LogP contribution in [-0.4, -0.2) is 10.9 Å². The molecule has 1 N–H and O–H groups in total. The lowest BCUT2D eigenvalue weighted by atomic mass is 10.2. The second-order valence-electron chi connectivity index (χ2n) is 5.44. The number of amides is 1. The molecule has 0 fully saturated rings. The Morgan fingerprint density at radius 2 is 1.79 bits per heavy atom. The van der Waals surface area contributed by atoms with Crippen molar-refractivity contribution >= 4 is 22.9 Å². The molecule has 3 aromatic rings. The number of thiazole rings is 1. The summed E-state index contributed by atoms with van der Waals surface area (Å²) in [6.07, 6.45) is 0. The zero-order valence-corrected chi connectivity index (χ0v) is 14.4. The first-order chi connectivity index (χ1) is 11.6. The van der Waals surface area contributed by atoms with Gasteiger partial charge in [0.2, 0.25) is 0 Å². The summed E-state index contributed by atoms with van der Waals surface area (Å²) in [7, 11) is 0. The highest BCUT2D eigenvalue weighted by molar-refractivity contribution is 7.13. The normalized spacial score (nSPS) is 10.4. The minimum Gasteiger partial charge on any atom is -0.486 e. The van der Waals surface area contributed by atoms with Gasteiger partial charge in [0.25, 0.3) is 5.91 Å². The summed E-state index contributed by atoms with van der Waals surface area (Å²) in [6.45, 7) is 4.21. The fourth-order valence-corrected chi connectivity index (χ4v) is 3.08. The van der Waals surface area contributed by atoms with E-state index in [1.807, 2.05) is 68.4 Å². The third-order valence-corrected chi connectivity index (χ3v) is 4.59. The van der Waals surface area contributed by atoms with Crippen molar-refractivity contribution in [1.82, 2.24) is 4.98 Å². The van der Waals surface area contributed by atoms with Crippen molar-refractivity contribution < 1.29 is 9.53 Å². The Morgan fingerprint density at radius 1 is 1.08 bits per heavy atom. The number of aromatic nitrogens is 1. The van der Waals surface area contributed by atoms with Gasteiger partial charge in [0.1, 0.15) is 22.2 Å². The second-order valence-corrected chi connectivity index (χ2v) is 6.53. The molecule has 3 rings (SSSR count). The van der Waals surface area contributed by atoms with Crippen LogP contribution < -0.4 is 10.1 Å². The minimum absolute atomic E-state index is 0.139. The first kappa shape index (κ1) is 16.2. The van der Waals surface area contributed by atoms with Crippen molar-refractivity contribution in [3.63, 3.8) is 0 Å². The number of hydrogen-bond donors (Lipinski definition) is 1. The first-order valence-electron chi connectivity index (χ1n) is 7.64. The van der Waals surface area contributed by atoms with Crippen molar-refractivity contribution in [2.75, 3.05) is 5.32 Å². The molecule has 0 unspecified atom stereocenters. The first-order valence-corrected chi connectivity index (χ1v) is 8.45. The van der Waals surface area contributed by atoms with Gasteiger partial charge in [-0.2, -0.15) is 0 Å². The third-order valence-electron chi connectivity index (χ3n) is 3.46. The van der Waals surface area contributed by atoms with E-state index in [2.05, 4.69) is 10.3 Å². The number of carbonyl (C=O) groups is 1. The van der Waals surface area contributed by atoms with Gasteiger partial charge in [0.05, 0.1) is 5.69 Å². The van der Waals surface area contributed by atoms with E-state index in [1.54, 1.807) is 0 Å². The average Bonchev–Trinajstić information content (AvgIpc) is 2.97. The molecule has 0 aliphatic carbocycles. The van der Waals surface area contributed by atoms with Crippen LogP contribution in [0.25, 0.3) is 0 Å². The number of para-hydroxylation sites is 1. The number of rotatable bonds is 5. The Bertz CT molecular complexity index is 826. The number of hydrogen-bond acceptors (Lipinski definition) is 4. The smallest absolute Gasteiger partial charge is 0.267 e. The molecular weight excluding hydrogens is 320 g/mol. The van der Waals surface area contributed by atoms with E-state index in [9.17, 15) is 4.79 Å². The molecule has 1 amide bonds. The molecule has 0 bridgehead atoms. The fourth-order valence-electron chi connectivity index (χ4n) is 2.21. The predicted molar refractivity (Wildman–Crippen MR) is 96.8 cm³/mol. The molecule has 5 heteroatoms. The quantitative estimate of drug-likeness (QED) is 0.740. The van der Waals surface area contributed by atoms with Gasteiger partial charge in [0.15, 0.2) is 0 Å². The molecule has 122 valence electrons. The van der Waals surface area contributed by atoms with Crippen LogP contribution >= 0.6 is 11.3 Å². The fraction of sp³-hybridized carbons (Fsp3) is 0.158. The molecule has 1 aromatic heterocycles. The Morgan fingerprint density at radius 3 is 2.50 bits per heavy atom. The van der Waals surface area contributed by atoms with Crippen LogP contribution in [0.2, 0.25) is 0 Å². The Balaban J connectivity index is 1.66. The lowest BCUT2D eigenvalue weighted by Gasteiger charge is -2.04. The van der Waals surface area contributed by atoms with Crippen molar-refractivity contribution in [3.05, 3.63) is 75.7 Å². The molecule has 0 radical (unpaired) electrons. The number of carbonyl (C=O) groups excluding carboxylic acids is 1. The maximum atomic E-state index is 12.4. The number of nitrogens with one attached hydrogen (secondary N) is 1. The molecule has 0 saturated carbocycles. The van der Waals surface area contributed by atoms with Crippen LogP contribution in [0.4, 0.5) is 5.69 Å². The molecule has 2 aromatic carbocycles. The van der Waals surface area contributed by atoms with Crippen molar-refractivity contribution in [3.8, 4) is 5.75 Å². The summed E-state index contributed by atoms with van der Waals surface area (Å²) in [6, 6.07) is 17.3. The highest BCUT2D eigenvalue weighted by Gasteiger charge is 2.15. The predicted octanol–water partition coefficient (Wildman–Crippen LogP) is 4.59. The topological polar surface area (TPSA) is 51.2 Å². The molecule has 0 spiro atoms.